The average Bonchev–Trinajstić information content (AvgIpc) is 3.33. The largest absolute Gasteiger partial charge is 0.486 e. The maximum Gasteiger partial charge on any atom is 0.235 e. The molecule has 34 heavy (non-hydrogen) atoms. The highest BCUT2D eigenvalue weighted by atomic mass is 32.2. The summed E-state index contributed by atoms with van der Waals surface area (Å²) in [6, 6.07) is 8.39. The molecule has 0 aliphatic heterocycles. The number of fused-ring (bicyclic) bond motifs is 1. The highest BCUT2D eigenvalue weighted by Gasteiger charge is 2.26. The number of aryl methyl sites for hydroxylation is 2. The van der Waals surface area contributed by atoms with Crippen LogP contribution in [0.15, 0.2) is 23.4 Å². The number of thiophene rings is 1. The standard InChI is InChI=1S/C25H29N5O2S2/c1-5-17-6-7-19-20(12-26)24(34-21(19)11-17)27-23(31)14-33-25-29-28-22(30(25)4)13-32-18-9-15(2)8-16(3)10-18/h8-10,17H,5-7,11,13-14H2,1-4H3,(H,27,31). The summed E-state index contributed by atoms with van der Waals surface area (Å²) < 4.78 is 7.74. The van der Waals surface area contributed by atoms with Gasteiger partial charge in [-0.15, -0.1) is 21.5 Å². The molecule has 7 nitrogen and oxygen atoms in total. The van der Waals surface area contributed by atoms with E-state index < -0.39 is 0 Å². The molecule has 2 heterocycles. The fourth-order valence-electron chi connectivity index (χ4n) is 4.26. The lowest BCUT2D eigenvalue weighted by Crippen LogP contribution is -2.15. The lowest BCUT2D eigenvalue weighted by molar-refractivity contribution is -0.113. The van der Waals surface area contributed by atoms with Crippen LogP contribution in [-0.2, 0) is 31.3 Å². The van der Waals surface area contributed by atoms with E-state index in [9.17, 15) is 10.1 Å². The molecule has 178 valence electrons. The highest BCUT2D eigenvalue weighted by molar-refractivity contribution is 7.99. The number of nitriles is 1. The highest BCUT2D eigenvalue weighted by Crippen LogP contribution is 2.40. The SMILES string of the molecule is CCC1CCc2c(sc(NC(=O)CSc3nnc(COc4cc(C)cc(C)c4)n3C)c2C#N)C1. The molecule has 1 unspecified atom stereocenters. The van der Waals surface area contributed by atoms with Crippen LogP contribution in [0.3, 0.4) is 0 Å². The van der Waals surface area contributed by atoms with E-state index in [0.29, 0.717) is 34.1 Å². The molecule has 1 N–H and O–H groups in total. The van der Waals surface area contributed by atoms with Crippen LogP contribution in [0.2, 0.25) is 0 Å². The lowest BCUT2D eigenvalue weighted by atomic mass is 9.86. The lowest BCUT2D eigenvalue weighted by Gasteiger charge is -2.20. The molecule has 0 fully saturated rings. The number of aromatic nitrogens is 3. The zero-order valence-corrected chi connectivity index (χ0v) is 21.6. The first-order chi connectivity index (χ1) is 16.4. The van der Waals surface area contributed by atoms with E-state index in [1.165, 1.54) is 16.6 Å². The number of hydrogen-bond donors (Lipinski definition) is 1. The first-order valence-electron chi connectivity index (χ1n) is 11.4. The number of nitrogens with zero attached hydrogens (tertiary/aromatic N) is 4. The van der Waals surface area contributed by atoms with Crippen molar-refractivity contribution in [1.29, 1.82) is 5.26 Å². The number of nitrogens with one attached hydrogen (secondary N) is 1. The Morgan fingerprint density at radius 3 is 2.79 bits per heavy atom. The topological polar surface area (TPSA) is 92.8 Å². The van der Waals surface area contributed by atoms with Crippen molar-refractivity contribution in [3.8, 4) is 11.8 Å². The van der Waals surface area contributed by atoms with Crippen LogP contribution >= 0.6 is 23.1 Å². The smallest absolute Gasteiger partial charge is 0.235 e. The van der Waals surface area contributed by atoms with Gasteiger partial charge in [0.2, 0.25) is 5.91 Å². The van der Waals surface area contributed by atoms with Gasteiger partial charge in [0.1, 0.15) is 23.4 Å². The molecule has 1 aliphatic rings. The molecule has 1 atom stereocenters. The fourth-order valence-corrected chi connectivity index (χ4v) is 6.32. The number of anilines is 1. The predicted octanol–water partition coefficient (Wildman–Crippen LogP) is 5.19. The van der Waals surface area contributed by atoms with Gasteiger partial charge in [0.05, 0.1) is 11.3 Å². The van der Waals surface area contributed by atoms with Gasteiger partial charge >= 0.3 is 0 Å². The molecule has 1 amide bonds. The zero-order chi connectivity index (χ0) is 24.2. The Labute approximate surface area is 208 Å². The molecule has 0 radical (unpaired) electrons. The van der Waals surface area contributed by atoms with Crippen LogP contribution < -0.4 is 10.1 Å². The van der Waals surface area contributed by atoms with Crippen molar-refractivity contribution in [3.05, 3.63) is 51.2 Å². The fraction of sp³-hybridized carbons (Fsp3) is 0.440. The van der Waals surface area contributed by atoms with Crippen molar-refractivity contribution in [3.63, 3.8) is 0 Å². The third kappa shape index (κ3) is 5.45. The van der Waals surface area contributed by atoms with Crippen molar-refractivity contribution in [2.45, 2.75) is 58.2 Å². The molecule has 9 heteroatoms. The quantitative estimate of drug-likeness (QED) is 0.432. The van der Waals surface area contributed by atoms with Crippen LogP contribution in [-0.4, -0.2) is 26.4 Å². The van der Waals surface area contributed by atoms with Crippen molar-refractivity contribution >= 4 is 34.0 Å². The van der Waals surface area contributed by atoms with Crippen LogP contribution in [0.1, 0.15) is 52.7 Å². The predicted molar refractivity (Wildman–Crippen MR) is 135 cm³/mol. The molecule has 0 spiro atoms. The van der Waals surface area contributed by atoms with Gasteiger partial charge in [-0.2, -0.15) is 5.26 Å². The minimum Gasteiger partial charge on any atom is -0.486 e. The summed E-state index contributed by atoms with van der Waals surface area (Å²) >= 11 is 2.87. The van der Waals surface area contributed by atoms with E-state index >= 15 is 0 Å². The van der Waals surface area contributed by atoms with E-state index in [1.54, 1.807) is 11.3 Å². The van der Waals surface area contributed by atoms with Gasteiger partial charge in [-0.25, -0.2) is 0 Å². The van der Waals surface area contributed by atoms with Crippen molar-refractivity contribution in [1.82, 2.24) is 14.8 Å². The number of carbonyl (C=O) groups excluding carboxylic acids is 1. The molecular formula is C25H29N5O2S2. The number of thioether (sulfide) groups is 1. The number of rotatable bonds is 8. The van der Waals surface area contributed by atoms with Gasteiger partial charge in [-0.1, -0.05) is 31.2 Å². The Morgan fingerprint density at radius 1 is 1.32 bits per heavy atom. The average molecular weight is 496 g/mol. The summed E-state index contributed by atoms with van der Waals surface area (Å²) in [7, 11) is 1.87. The van der Waals surface area contributed by atoms with Gasteiger partial charge in [0.15, 0.2) is 11.0 Å². The minimum absolute atomic E-state index is 0.150. The van der Waals surface area contributed by atoms with E-state index in [0.717, 1.165) is 48.1 Å². The summed E-state index contributed by atoms with van der Waals surface area (Å²) in [6.45, 7) is 6.58. The van der Waals surface area contributed by atoms with Crippen LogP contribution in [0.25, 0.3) is 0 Å². The van der Waals surface area contributed by atoms with E-state index in [4.69, 9.17) is 4.74 Å². The Hall–Kier alpha value is -2.83. The summed E-state index contributed by atoms with van der Waals surface area (Å²) in [5.41, 5.74) is 4.05. The molecule has 4 rings (SSSR count). The molecule has 0 saturated heterocycles. The van der Waals surface area contributed by atoms with Gasteiger partial charge in [-0.05, 0) is 67.9 Å². The second-order valence-electron chi connectivity index (χ2n) is 8.74. The molecule has 2 aromatic heterocycles. The first-order valence-corrected chi connectivity index (χ1v) is 13.2. The van der Waals surface area contributed by atoms with E-state index in [1.807, 2.05) is 37.6 Å². The number of ether oxygens (including phenoxy) is 1. The van der Waals surface area contributed by atoms with Crippen LogP contribution in [0.4, 0.5) is 5.00 Å². The first kappa shape index (κ1) is 24.3. The summed E-state index contributed by atoms with van der Waals surface area (Å²) in [5, 5.41) is 22.4. The summed E-state index contributed by atoms with van der Waals surface area (Å²) in [5.74, 6) is 2.19. The molecule has 1 aliphatic carbocycles. The van der Waals surface area contributed by atoms with E-state index in [2.05, 4.69) is 34.6 Å². The third-order valence-corrected chi connectivity index (χ3v) is 8.32. The zero-order valence-electron chi connectivity index (χ0n) is 20.0. The number of benzene rings is 1. The molecule has 1 aromatic carbocycles. The van der Waals surface area contributed by atoms with Gasteiger partial charge in [-0.3, -0.25) is 4.79 Å². The maximum atomic E-state index is 12.7. The normalized spacial score (nSPS) is 15.0. The van der Waals surface area contributed by atoms with Crippen LogP contribution in [0, 0.1) is 31.1 Å². The molecule has 3 aromatic rings. The van der Waals surface area contributed by atoms with Crippen LogP contribution in [0.5, 0.6) is 5.75 Å². The van der Waals surface area contributed by atoms with Gasteiger partial charge < -0.3 is 14.6 Å². The van der Waals surface area contributed by atoms with Crippen molar-refractivity contribution in [2.24, 2.45) is 13.0 Å². The second kappa shape index (κ2) is 10.6. The Balaban J connectivity index is 1.35. The Bertz CT molecular complexity index is 1220. The Kier molecular flexibility index (Phi) is 7.59. The summed E-state index contributed by atoms with van der Waals surface area (Å²) in [4.78, 5) is 13.9. The molecule has 0 bridgehead atoms. The Morgan fingerprint density at radius 2 is 2.09 bits per heavy atom. The monoisotopic (exact) mass is 495 g/mol. The number of hydrogen-bond acceptors (Lipinski definition) is 7. The second-order valence-corrected chi connectivity index (χ2v) is 10.8. The summed E-state index contributed by atoms with van der Waals surface area (Å²) in [6.07, 6.45) is 4.18. The van der Waals surface area contributed by atoms with E-state index in [-0.39, 0.29) is 11.7 Å². The third-order valence-electron chi connectivity index (χ3n) is 6.13. The van der Waals surface area contributed by atoms with Crippen molar-refractivity contribution < 1.29 is 9.53 Å². The minimum atomic E-state index is -0.150. The number of carbonyl (C=O) groups is 1. The van der Waals surface area contributed by atoms with Gasteiger partial charge in [0, 0.05) is 11.9 Å². The number of amides is 1. The van der Waals surface area contributed by atoms with Crippen molar-refractivity contribution in [2.75, 3.05) is 11.1 Å². The molecule has 0 saturated carbocycles. The van der Waals surface area contributed by atoms with Gasteiger partial charge in [0.25, 0.3) is 0 Å². The molecular weight excluding hydrogens is 466 g/mol. The maximum absolute atomic E-state index is 12.7.